The zero-order chi connectivity index (χ0) is 16.4. The Morgan fingerprint density at radius 2 is 2.35 bits per heavy atom. The number of rotatable bonds is 5. The van der Waals surface area contributed by atoms with Crippen LogP contribution in [0.1, 0.15) is 42.4 Å². The maximum Gasteiger partial charge on any atom is 0.101 e. The molecule has 1 atom stereocenters. The molecule has 2 aromatic heterocycles. The van der Waals surface area contributed by atoms with Gasteiger partial charge in [-0.3, -0.25) is 4.98 Å². The van der Waals surface area contributed by atoms with Gasteiger partial charge in [-0.15, -0.1) is 11.3 Å². The van der Waals surface area contributed by atoms with Crippen LogP contribution in [-0.4, -0.2) is 25.1 Å². The van der Waals surface area contributed by atoms with E-state index in [2.05, 4.69) is 52.6 Å². The lowest BCUT2D eigenvalue weighted by Crippen LogP contribution is -2.33. The Morgan fingerprint density at radius 1 is 1.52 bits per heavy atom. The van der Waals surface area contributed by atoms with Crippen LogP contribution in [0.3, 0.4) is 0 Å². The summed E-state index contributed by atoms with van der Waals surface area (Å²) in [5, 5.41) is 14.6. The number of nitriles is 1. The van der Waals surface area contributed by atoms with E-state index < -0.39 is 0 Å². The van der Waals surface area contributed by atoms with Crippen molar-refractivity contribution in [2.45, 2.75) is 31.7 Å². The molecule has 0 amide bonds. The Morgan fingerprint density at radius 3 is 3.00 bits per heavy atom. The summed E-state index contributed by atoms with van der Waals surface area (Å²) in [6.07, 6.45) is 2.72. The lowest BCUT2D eigenvalue weighted by atomic mass is 9.91. The third-order valence-corrected chi connectivity index (χ3v) is 5.40. The van der Waals surface area contributed by atoms with Gasteiger partial charge in [-0.2, -0.15) is 5.26 Å². The first-order chi connectivity index (χ1) is 11.1. The summed E-state index contributed by atoms with van der Waals surface area (Å²) in [6.45, 7) is 6.35. The average Bonchev–Trinajstić information content (AvgIpc) is 3.15. The molecule has 3 rings (SSSR count). The van der Waals surface area contributed by atoms with Gasteiger partial charge in [0.15, 0.2) is 0 Å². The quantitative estimate of drug-likeness (QED) is 0.914. The average molecular weight is 326 g/mol. The minimum atomic E-state index is -0.00152. The minimum absolute atomic E-state index is 0.00152. The number of fused-ring (bicyclic) bond motifs is 1. The highest BCUT2D eigenvalue weighted by Crippen LogP contribution is 2.45. The van der Waals surface area contributed by atoms with Crippen molar-refractivity contribution >= 4 is 17.0 Å². The Hall–Kier alpha value is -1.90. The van der Waals surface area contributed by atoms with Crippen molar-refractivity contribution in [3.8, 4) is 6.07 Å². The number of pyridine rings is 1. The number of aromatic nitrogens is 1. The molecule has 0 aliphatic carbocycles. The van der Waals surface area contributed by atoms with Crippen LogP contribution >= 0.6 is 11.3 Å². The number of nitrogens with one attached hydrogen (secondary N) is 1. The highest BCUT2D eigenvalue weighted by atomic mass is 32.1. The molecule has 5 heteroatoms. The van der Waals surface area contributed by atoms with Gasteiger partial charge >= 0.3 is 0 Å². The third-order valence-electron chi connectivity index (χ3n) is 4.43. The first-order valence-corrected chi connectivity index (χ1v) is 8.80. The molecule has 120 valence electrons. The van der Waals surface area contributed by atoms with Crippen LogP contribution in [0.4, 0.5) is 5.69 Å². The molecule has 2 aromatic rings. The molecule has 0 aromatic carbocycles. The summed E-state index contributed by atoms with van der Waals surface area (Å²) >= 11 is 1.80. The maximum atomic E-state index is 9.23. The summed E-state index contributed by atoms with van der Waals surface area (Å²) in [5.74, 6) is 0. The molecule has 0 fully saturated rings. The maximum absolute atomic E-state index is 9.23. The van der Waals surface area contributed by atoms with Gasteiger partial charge in [0, 0.05) is 23.0 Å². The topological polar surface area (TPSA) is 52.0 Å². The van der Waals surface area contributed by atoms with Crippen LogP contribution in [0.5, 0.6) is 0 Å². The molecule has 4 nitrogen and oxygen atoms in total. The highest BCUT2D eigenvalue weighted by molar-refractivity contribution is 7.10. The molecule has 3 heterocycles. The molecular formula is C18H22N4S. The predicted molar refractivity (Wildman–Crippen MR) is 94.9 cm³/mol. The van der Waals surface area contributed by atoms with E-state index in [4.69, 9.17) is 0 Å². The summed E-state index contributed by atoms with van der Waals surface area (Å²) in [4.78, 5) is 8.40. The lowest BCUT2D eigenvalue weighted by Gasteiger charge is -2.31. The first kappa shape index (κ1) is 16.0. The van der Waals surface area contributed by atoms with E-state index in [0.29, 0.717) is 11.6 Å². The number of thiophene rings is 1. The number of hydrogen-bond donors (Lipinski definition) is 1. The van der Waals surface area contributed by atoms with E-state index >= 15 is 0 Å². The van der Waals surface area contributed by atoms with Gasteiger partial charge in [0.25, 0.3) is 0 Å². The van der Waals surface area contributed by atoms with Crippen molar-refractivity contribution < 1.29 is 0 Å². The van der Waals surface area contributed by atoms with Crippen molar-refractivity contribution in [1.29, 1.82) is 5.26 Å². The number of hydrogen-bond acceptors (Lipinski definition) is 5. The van der Waals surface area contributed by atoms with Gasteiger partial charge in [-0.25, -0.2) is 0 Å². The van der Waals surface area contributed by atoms with Crippen molar-refractivity contribution in [3.63, 3.8) is 0 Å². The Kier molecular flexibility index (Phi) is 4.38. The third kappa shape index (κ3) is 2.97. The summed E-state index contributed by atoms with van der Waals surface area (Å²) in [6, 6.07) is 8.85. The first-order valence-electron chi connectivity index (χ1n) is 7.92. The molecule has 1 aliphatic heterocycles. The van der Waals surface area contributed by atoms with Gasteiger partial charge in [0.05, 0.1) is 23.0 Å². The molecule has 0 spiro atoms. The smallest absolute Gasteiger partial charge is 0.101 e. The summed E-state index contributed by atoms with van der Waals surface area (Å²) in [7, 11) is 1.99. The van der Waals surface area contributed by atoms with Gasteiger partial charge in [0.2, 0.25) is 0 Å². The summed E-state index contributed by atoms with van der Waals surface area (Å²) < 4.78 is 0. The van der Waals surface area contributed by atoms with Crippen molar-refractivity contribution in [1.82, 2.24) is 10.3 Å². The van der Waals surface area contributed by atoms with Gasteiger partial charge < -0.3 is 10.2 Å². The Labute approximate surface area is 141 Å². The SMILES string of the molecule is CNCC[C@@H](c1cccs1)N1CC(C)(C)c2ncc(C#N)cc21. The Balaban J connectivity index is 2.04. The number of anilines is 1. The fourth-order valence-electron chi connectivity index (χ4n) is 3.33. The van der Waals surface area contributed by atoms with Crippen LogP contribution in [0.2, 0.25) is 0 Å². The van der Waals surface area contributed by atoms with E-state index in [1.165, 1.54) is 4.88 Å². The van der Waals surface area contributed by atoms with Crippen molar-refractivity contribution in [3.05, 3.63) is 45.9 Å². The van der Waals surface area contributed by atoms with Crippen molar-refractivity contribution in [2.75, 3.05) is 25.0 Å². The number of nitrogens with zero attached hydrogens (tertiary/aromatic N) is 3. The molecule has 23 heavy (non-hydrogen) atoms. The predicted octanol–water partition coefficient (Wildman–Crippen LogP) is 3.46. The van der Waals surface area contributed by atoms with Crippen LogP contribution in [0.25, 0.3) is 0 Å². The van der Waals surface area contributed by atoms with Crippen LogP contribution in [-0.2, 0) is 5.41 Å². The summed E-state index contributed by atoms with van der Waals surface area (Å²) in [5.41, 5.74) is 2.84. The van der Waals surface area contributed by atoms with Crippen molar-refractivity contribution in [2.24, 2.45) is 0 Å². The second-order valence-electron chi connectivity index (χ2n) is 6.64. The standard InChI is InChI=1S/C18H22N4S/c1-18(2)12-22(15-9-13(10-19)11-21-17(15)18)14(6-7-20-3)16-5-4-8-23-16/h4-5,8-9,11,14,20H,6-7,12H2,1-3H3/t14-/m0/s1. The van der Waals surface area contributed by atoms with Gasteiger partial charge in [0.1, 0.15) is 6.07 Å². The largest absolute Gasteiger partial charge is 0.361 e. The molecule has 0 saturated carbocycles. The van der Waals surface area contributed by atoms with E-state index in [1.807, 2.05) is 13.1 Å². The van der Waals surface area contributed by atoms with E-state index in [1.54, 1.807) is 17.5 Å². The zero-order valence-corrected chi connectivity index (χ0v) is 14.7. The lowest BCUT2D eigenvalue weighted by molar-refractivity contribution is 0.494. The second-order valence-corrected chi connectivity index (χ2v) is 7.62. The highest BCUT2D eigenvalue weighted by Gasteiger charge is 2.40. The van der Waals surface area contributed by atoms with Crippen LogP contribution < -0.4 is 10.2 Å². The van der Waals surface area contributed by atoms with Crippen LogP contribution in [0, 0.1) is 11.3 Å². The van der Waals surface area contributed by atoms with Gasteiger partial charge in [-0.1, -0.05) is 19.9 Å². The van der Waals surface area contributed by atoms with Crippen LogP contribution in [0.15, 0.2) is 29.8 Å². The van der Waals surface area contributed by atoms with E-state index in [9.17, 15) is 5.26 Å². The molecule has 0 saturated heterocycles. The molecule has 1 aliphatic rings. The normalized spacial score (nSPS) is 16.9. The second kappa shape index (κ2) is 6.31. The van der Waals surface area contributed by atoms with E-state index in [0.717, 1.165) is 30.9 Å². The van der Waals surface area contributed by atoms with E-state index in [-0.39, 0.29) is 5.41 Å². The molecular weight excluding hydrogens is 304 g/mol. The zero-order valence-electron chi connectivity index (χ0n) is 13.8. The molecule has 0 radical (unpaired) electrons. The monoisotopic (exact) mass is 326 g/mol. The minimum Gasteiger partial charge on any atom is -0.361 e. The fourth-order valence-corrected chi connectivity index (χ4v) is 4.21. The fraction of sp³-hybridized carbons (Fsp3) is 0.444. The molecule has 1 N–H and O–H groups in total. The molecule has 0 bridgehead atoms. The van der Waals surface area contributed by atoms with Gasteiger partial charge in [-0.05, 0) is 37.5 Å². The Bertz CT molecular complexity index is 715. The molecule has 0 unspecified atom stereocenters.